The SMILES string of the molecule is C1CCOC1.C=CCOC(=O)Cl.C=CCOC(=O)N(C)C[C@]1(C)N=C(OC)[C@@H](C(C)C)N=C1OC.C=CCOC(=O)NC[C@]1(C)N=C(OC)[C@@H](C(C)C)N=C1OC.COC1=N[C@@](C)(CBr)C(OC)=N[C@@H]1C(C)C.COC1=N[C@@](C)(CN=[N+]=[N-])C(OC)=N[C@@H]1C(C)C.COC1=N[C@H](C(C)C)C(OC)=NC1C.Cl.[N-]=[N+]=[N-].[Na+]. The monoisotopic (exact) mass is 1670 g/mol. The molecule has 0 bridgehead atoms. The summed E-state index contributed by atoms with van der Waals surface area (Å²) in [4.78, 5) is 84.4. The van der Waals surface area contributed by atoms with Gasteiger partial charge >= 0.3 is 47.2 Å². The third-order valence-electron chi connectivity index (χ3n) is 15.6. The zero-order valence-corrected chi connectivity index (χ0v) is 74.8. The Balaban J connectivity index is -0.000000610. The fourth-order valence-electron chi connectivity index (χ4n) is 10.1. The molecule has 39 heteroatoms. The van der Waals surface area contributed by atoms with Gasteiger partial charge in [-0.1, -0.05) is 128 Å². The molecule has 0 aliphatic carbocycles. The van der Waals surface area contributed by atoms with Gasteiger partial charge in [-0.25, -0.2) is 64.3 Å². The van der Waals surface area contributed by atoms with Crippen LogP contribution in [0.5, 0.6) is 0 Å². The molecule has 10 atom stereocenters. The summed E-state index contributed by atoms with van der Waals surface area (Å²) in [5, 5.41) is 6.87. The first-order valence-electron chi connectivity index (χ1n) is 34.7. The standard InChI is InChI=1S/C16H27N3O4.C15H25N3O4.C11H19BrN2O2.C11H19N5O2.C10H18N2O2.C4H5ClO2.C4H8O.ClH.N3.Na/c1-8-9-23-15(20)19(5)10-16(4)14(22-7)17-12(11(2)3)13(18-16)21-6;1-7-8-22-14(19)16-9-15(4)13(21-6)17-11(10(2)3)12(18-15)20-5;1-7(2)8-9(15-4)14-11(3,6-12)10(13-8)16-5;1-7(2)8-9(17-4)15-11(3,6-13-16-12)10(14-8)18-5;1-6(2)8-10(14-5)11-7(3)9(12-8)13-4;1-2-3-7-4(5)6;1-2-4-5-3-1;;1-3-2;/h8,11-12H,1,9-10H2,2-7H3;7,10-11H,1,8-9H2,2-6H3,(H,16,19);7-8H,6H2,1-5H3;7-8H,6H2,1-5H3;6-8H,1-5H3;2H,1,3H2;1-4H2;1H;;/q;;;;;;;;-1;+1/t12-,16+;11-,15+;2*8-,11+;7?,8-;;;;;/m11111...../s1. The van der Waals surface area contributed by atoms with E-state index >= 15 is 0 Å². The molecule has 620 valence electrons. The number of amides is 2. The van der Waals surface area contributed by atoms with Gasteiger partial charge in [0.05, 0.1) is 90.7 Å². The first-order valence-corrected chi connectivity index (χ1v) is 36.2. The fraction of sp³-hybridized carbons (Fsp3) is 0.732. The minimum absolute atomic E-state index is 0. The van der Waals surface area contributed by atoms with Crippen molar-refractivity contribution in [2.75, 3.05) is 136 Å². The number of alkyl carbamates (subject to hydrolysis) is 1. The first kappa shape index (κ1) is 109. The minimum atomic E-state index is -0.835. The summed E-state index contributed by atoms with van der Waals surface area (Å²) in [6, 6.07) is -0.644. The van der Waals surface area contributed by atoms with Crippen molar-refractivity contribution in [3.8, 4) is 0 Å². The van der Waals surface area contributed by atoms with Crippen LogP contribution in [0.2, 0.25) is 0 Å². The summed E-state index contributed by atoms with van der Waals surface area (Å²) >= 11 is 8.19. The molecule has 0 aromatic rings. The molecule has 0 radical (unpaired) electrons. The molecule has 6 aliphatic heterocycles. The molecule has 1 fully saturated rings. The minimum Gasteiger partial charge on any atom is -0.483 e. The Kier molecular flexibility index (Phi) is 57.0. The molecular weight excluding hydrogens is 1550 g/mol. The normalized spacial score (nSPS) is 23.6. The van der Waals surface area contributed by atoms with Gasteiger partial charge < -0.3 is 87.6 Å². The number of halogens is 3. The van der Waals surface area contributed by atoms with Crippen LogP contribution in [-0.4, -0.2) is 276 Å². The molecule has 6 aliphatic rings. The summed E-state index contributed by atoms with van der Waals surface area (Å²) in [6.45, 7) is 43.3. The molecule has 1 saturated heterocycles. The van der Waals surface area contributed by atoms with Crippen LogP contribution in [0.3, 0.4) is 0 Å². The Bertz CT molecular complexity index is 3230. The van der Waals surface area contributed by atoms with Crippen molar-refractivity contribution in [3.63, 3.8) is 0 Å². The number of methoxy groups -OCH3 is 10. The third-order valence-corrected chi connectivity index (χ3v) is 16.8. The van der Waals surface area contributed by atoms with Crippen LogP contribution < -0.4 is 34.9 Å². The van der Waals surface area contributed by atoms with E-state index in [2.05, 4.69) is 133 Å². The molecule has 110 heavy (non-hydrogen) atoms. The molecule has 1 N–H and O–H groups in total. The number of carbonyl (C=O) groups is 3. The van der Waals surface area contributed by atoms with Gasteiger partial charge in [-0.2, -0.15) is 0 Å². The number of ether oxygens (including phenoxy) is 14. The van der Waals surface area contributed by atoms with Gasteiger partial charge in [-0.15, -0.1) is 12.4 Å². The molecule has 0 aromatic carbocycles. The van der Waals surface area contributed by atoms with E-state index in [4.69, 9.17) is 89.8 Å². The van der Waals surface area contributed by atoms with Gasteiger partial charge in [0.25, 0.3) is 0 Å². The average molecular weight is 1670 g/mol. The van der Waals surface area contributed by atoms with Crippen LogP contribution in [0.25, 0.3) is 26.4 Å². The van der Waals surface area contributed by atoms with E-state index in [1.54, 1.807) is 70.8 Å². The van der Waals surface area contributed by atoms with E-state index in [0.29, 0.717) is 76.1 Å². The maximum absolute atomic E-state index is 11.9. The van der Waals surface area contributed by atoms with Crippen molar-refractivity contribution in [3.05, 3.63) is 64.4 Å². The number of hydrogen-bond acceptors (Lipinski definition) is 28. The molecule has 0 aromatic heterocycles. The second kappa shape index (κ2) is 57.6. The summed E-state index contributed by atoms with van der Waals surface area (Å²) in [7, 11) is 17.5. The predicted molar refractivity (Wildman–Crippen MR) is 437 cm³/mol. The Morgan fingerprint density at radius 2 is 0.873 bits per heavy atom. The second-order valence-corrected chi connectivity index (χ2v) is 27.3. The van der Waals surface area contributed by atoms with Crippen LogP contribution in [0.15, 0.2) is 93.0 Å². The predicted octanol–water partition coefficient (Wildman–Crippen LogP) is 10.5. The molecule has 6 heterocycles. The van der Waals surface area contributed by atoms with Gasteiger partial charge in [0.1, 0.15) is 67.1 Å². The van der Waals surface area contributed by atoms with Crippen molar-refractivity contribution in [2.24, 2.45) is 84.6 Å². The molecule has 6 rings (SSSR count). The quantitative estimate of drug-likeness (QED) is 0.0195. The van der Waals surface area contributed by atoms with E-state index in [9.17, 15) is 14.4 Å². The van der Waals surface area contributed by atoms with Crippen molar-refractivity contribution in [1.29, 1.82) is 0 Å². The molecule has 35 nitrogen and oxygen atoms in total. The van der Waals surface area contributed by atoms with E-state index in [1.165, 1.54) is 55.1 Å². The van der Waals surface area contributed by atoms with Crippen LogP contribution in [-0.2, 0) is 66.3 Å². The van der Waals surface area contributed by atoms with Crippen molar-refractivity contribution in [1.82, 2.24) is 10.2 Å². The van der Waals surface area contributed by atoms with Crippen molar-refractivity contribution >= 4 is 117 Å². The summed E-state index contributed by atoms with van der Waals surface area (Å²) in [5.74, 6) is 7.12. The number of likely N-dealkylation sites (N-methyl/N-ethyl adjacent to an activating group) is 1. The number of alkyl halides is 1. The van der Waals surface area contributed by atoms with Crippen LogP contribution in [0, 0.1) is 29.6 Å². The average Bonchev–Trinajstić information content (AvgIpc) is 0.840. The number of carbonyl (C=O) groups excluding carboxylic acids is 3. The summed E-state index contributed by atoms with van der Waals surface area (Å²) in [5.41, 5.74) is 18.2. The van der Waals surface area contributed by atoms with Crippen LogP contribution in [0.1, 0.15) is 117 Å². The largest absolute Gasteiger partial charge is 1.00 e. The van der Waals surface area contributed by atoms with Crippen molar-refractivity contribution < 1.29 is 110 Å². The molecule has 0 spiro atoms. The molecule has 1 unspecified atom stereocenters. The molecule has 2 amide bonds. The Morgan fingerprint density at radius 1 is 0.545 bits per heavy atom. The number of hydrogen-bond donors (Lipinski definition) is 1. The first-order chi connectivity index (χ1) is 50.9. The van der Waals surface area contributed by atoms with Gasteiger partial charge in [-0.3, -0.25) is 4.91 Å². The zero-order valence-electron chi connectivity index (χ0n) is 69.7. The third kappa shape index (κ3) is 36.8. The van der Waals surface area contributed by atoms with Gasteiger partial charge in [0.2, 0.25) is 59.0 Å². The van der Waals surface area contributed by atoms with Crippen LogP contribution >= 0.6 is 39.9 Å². The number of rotatable bonds is 18. The fourth-order valence-corrected chi connectivity index (χ4v) is 10.5. The van der Waals surface area contributed by atoms with Crippen molar-refractivity contribution in [2.45, 2.75) is 175 Å². The van der Waals surface area contributed by atoms with Gasteiger partial charge in [0.15, 0.2) is 11.1 Å². The van der Waals surface area contributed by atoms with E-state index in [1.807, 2.05) is 69.2 Å². The topological polar surface area (TPSA) is 427 Å². The number of azide groups is 1. The number of nitrogens with one attached hydrogen (secondary N) is 1. The van der Waals surface area contributed by atoms with Gasteiger partial charge in [0, 0.05) is 42.1 Å². The van der Waals surface area contributed by atoms with E-state index < -0.39 is 39.8 Å². The number of aliphatic imine (C=N–C) groups is 10. The Morgan fingerprint density at radius 3 is 1.19 bits per heavy atom. The molecule has 0 saturated carbocycles. The van der Waals surface area contributed by atoms with E-state index in [0.717, 1.165) is 13.2 Å². The maximum atomic E-state index is 11.9. The summed E-state index contributed by atoms with van der Waals surface area (Å²) in [6.07, 6.45) is 6.02. The smallest absolute Gasteiger partial charge is 0.483 e. The summed E-state index contributed by atoms with van der Waals surface area (Å²) < 4.78 is 72.2. The zero-order chi connectivity index (χ0) is 83.1. The Labute approximate surface area is 692 Å². The van der Waals surface area contributed by atoms with E-state index in [-0.39, 0.29) is 135 Å². The van der Waals surface area contributed by atoms with Crippen LogP contribution in [0.4, 0.5) is 14.4 Å². The molecular formula is C71H122BrCl2N18NaO17. The maximum Gasteiger partial charge on any atom is 1.00 e. The Hall–Kier alpha value is -7.43. The number of nitrogens with zero attached hydrogens (tertiary/aromatic N) is 17. The van der Waals surface area contributed by atoms with Gasteiger partial charge in [-0.05, 0) is 82.6 Å². The second-order valence-electron chi connectivity index (χ2n) is 26.5.